The van der Waals surface area contributed by atoms with Crippen LogP contribution in [-0.2, 0) is 25.3 Å². The number of hydrogen-bond donors (Lipinski definition) is 0. The van der Waals surface area contributed by atoms with Gasteiger partial charge in [-0.25, -0.2) is 26.8 Å². The Bertz CT molecular complexity index is 3000. The van der Waals surface area contributed by atoms with Crippen molar-refractivity contribution in [3.05, 3.63) is 96.6 Å². The summed E-state index contributed by atoms with van der Waals surface area (Å²) in [6.45, 7) is 0. The van der Waals surface area contributed by atoms with Gasteiger partial charge in [0, 0.05) is 10.8 Å². The summed E-state index contributed by atoms with van der Waals surface area (Å²) in [5.74, 6) is 0.737. The van der Waals surface area contributed by atoms with Gasteiger partial charge in [-0.2, -0.15) is 18.3 Å². The molecule has 13 rings (SSSR count). The summed E-state index contributed by atoms with van der Waals surface area (Å²) in [5, 5.41) is 3.17. The highest BCUT2D eigenvalue weighted by Crippen LogP contribution is 2.59. The summed E-state index contributed by atoms with van der Waals surface area (Å²) in [7, 11) is -8.09. The quantitative estimate of drug-likeness (QED) is 0.233. The summed E-state index contributed by atoms with van der Waals surface area (Å²) in [6, 6.07) is 18.6. The number of pyridine rings is 4. The predicted octanol–water partition coefficient (Wildman–Crippen LogP) is 3.57. The van der Waals surface area contributed by atoms with E-state index < -0.39 is 25.3 Å². The first-order valence-electron chi connectivity index (χ1n) is 14.6. The minimum atomic E-state index is -4.05. The third-order valence-electron chi connectivity index (χ3n) is 10.5. The first-order valence-corrected chi connectivity index (χ1v) is 17.5. The van der Waals surface area contributed by atoms with Gasteiger partial charge in [-0.3, -0.25) is 0 Å². The summed E-state index contributed by atoms with van der Waals surface area (Å²) < 4.78 is 72.5. The van der Waals surface area contributed by atoms with Crippen LogP contribution in [0.5, 0.6) is 11.5 Å². The standard InChI is InChI=1S/C33H14N6O5S2/c40-45(41)21-9-1-5-15-17-7-3-11-36-31(17)38(25(15)21)27-23-19(13-34-29(27)45)44-20-14-35-30-28-24(20)33(23,36)37-12-4-8-18-16-6-2-10-22(46(30,42)43)26(16)39(28)32(18)37/h1-14H/q+2. The van der Waals surface area contributed by atoms with Gasteiger partial charge in [0.1, 0.15) is 20.9 Å². The highest BCUT2D eigenvalue weighted by atomic mass is 32.2. The average Bonchev–Trinajstić information content (AvgIpc) is 3.59. The van der Waals surface area contributed by atoms with Crippen molar-refractivity contribution in [3.63, 3.8) is 0 Å². The molecule has 5 aliphatic rings. The van der Waals surface area contributed by atoms with Crippen LogP contribution in [0.15, 0.2) is 105 Å². The van der Waals surface area contributed by atoms with E-state index in [9.17, 15) is 16.8 Å². The molecule has 0 aliphatic carbocycles. The van der Waals surface area contributed by atoms with Crippen molar-refractivity contribution in [3.8, 4) is 22.9 Å². The molecule has 0 atom stereocenters. The Kier molecular flexibility index (Phi) is 3.15. The molecule has 1 spiro atoms. The second kappa shape index (κ2) is 6.36. The van der Waals surface area contributed by atoms with Crippen LogP contribution in [0.4, 0.5) is 0 Å². The van der Waals surface area contributed by atoms with E-state index in [2.05, 4.69) is 19.1 Å². The predicted molar refractivity (Wildman–Crippen MR) is 160 cm³/mol. The minimum absolute atomic E-state index is 0.0676. The zero-order valence-electron chi connectivity index (χ0n) is 23.1. The Morgan fingerprint density at radius 3 is 1.54 bits per heavy atom. The largest absolute Gasteiger partial charge is 0.452 e. The van der Waals surface area contributed by atoms with E-state index in [1.54, 1.807) is 24.3 Å². The Labute approximate surface area is 257 Å². The molecule has 11 heterocycles. The molecule has 13 heteroatoms. The topological polar surface area (TPSA) is 121 Å². The Morgan fingerprint density at radius 2 is 1.07 bits per heavy atom. The molecule has 0 radical (unpaired) electrons. The number of aromatic nitrogens is 6. The lowest BCUT2D eigenvalue weighted by molar-refractivity contribution is -0.954. The summed E-state index contributed by atoms with van der Waals surface area (Å²) in [5.41, 5.74) is 3.33. The van der Waals surface area contributed by atoms with Gasteiger partial charge in [-0.15, -0.1) is 0 Å². The fraction of sp³-hybridized carbons (Fsp3) is 0.0303. The molecule has 0 amide bonds. The number of hydrogen-bond acceptors (Lipinski definition) is 7. The molecule has 0 unspecified atom stereocenters. The summed E-state index contributed by atoms with van der Waals surface area (Å²) >= 11 is 0. The van der Waals surface area contributed by atoms with Crippen LogP contribution in [-0.4, -0.2) is 35.9 Å². The van der Waals surface area contributed by atoms with Gasteiger partial charge in [-0.05, 0) is 48.5 Å². The van der Waals surface area contributed by atoms with Crippen molar-refractivity contribution in [1.82, 2.24) is 19.1 Å². The lowest BCUT2D eigenvalue weighted by atomic mass is 9.83. The first-order chi connectivity index (χ1) is 22.4. The van der Waals surface area contributed by atoms with Crippen LogP contribution in [0, 0.1) is 0 Å². The monoisotopic (exact) mass is 638 g/mol. The SMILES string of the molecule is O=S1(=O)c2ncc3c4c2-n2c5c1cccc5c1ccc[n+](c12)C41c2c(cnc4c2-n2c5c(cccc5c5ccc[n+]1c52)S4(=O)=O)O3. The minimum Gasteiger partial charge on any atom is -0.452 e. The normalized spacial score (nSPS) is 18.2. The lowest BCUT2D eigenvalue weighted by Crippen LogP contribution is -2.78. The molecule has 11 nitrogen and oxygen atoms in total. The van der Waals surface area contributed by atoms with Crippen molar-refractivity contribution in [2.45, 2.75) is 25.5 Å². The van der Waals surface area contributed by atoms with Crippen molar-refractivity contribution < 1.29 is 30.7 Å². The number of nitrogens with zero attached hydrogens (tertiary/aromatic N) is 6. The number of benzene rings is 2. The zero-order valence-corrected chi connectivity index (χ0v) is 24.8. The van der Waals surface area contributed by atoms with E-state index in [-0.39, 0.29) is 19.8 Å². The van der Waals surface area contributed by atoms with Gasteiger partial charge in [0.05, 0.1) is 35.6 Å². The lowest BCUT2D eigenvalue weighted by Gasteiger charge is -2.41. The van der Waals surface area contributed by atoms with Gasteiger partial charge in [0.25, 0.3) is 11.3 Å². The van der Waals surface area contributed by atoms with Gasteiger partial charge in [0.2, 0.25) is 29.7 Å². The molecule has 0 saturated heterocycles. The third kappa shape index (κ3) is 1.89. The van der Waals surface area contributed by atoms with Crippen LogP contribution in [0.3, 0.4) is 0 Å². The molecule has 5 aliphatic heterocycles. The van der Waals surface area contributed by atoms with E-state index in [0.29, 0.717) is 45.0 Å². The summed E-state index contributed by atoms with van der Waals surface area (Å²) in [4.78, 5) is 9.50. The smallest absolute Gasteiger partial charge is 0.322 e. The maximum atomic E-state index is 14.4. The van der Waals surface area contributed by atoms with Crippen LogP contribution in [0.2, 0.25) is 0 Å². The molecule has 2 aromatic carbocycles. The number of fused-ring (bicyclic) bond motifs is 2. The Morgan fingerprint density at radius 1 is 0.609 bits per heavy atom. The number of ether oxygens (including phenoxy) is 1. The number of para-hydroxylation sites is 2. The Balaban J connectivity index is 1.43. The first kappa shape index (κ1) is 22.8. The molecule has 6 aromatic heterocycles. The van der Waals surface area contributed by atoms with Crippen molar-refractivity contribution in [2.75, 3.05) is 0 Å². The average molecular weight is 639 g/mol. The van der Waals surface area contributed by atoms with E-state index >= 15 is 0 Å². The molecule has 0 saturated carbocycles. The molecule has 216 valence electrons. The summed E-state index contributed by atoms with van der Waals surface area (Å²) in [6.07, 6.45) is 6.90. The van der Waals surface area contributed by atoms with Crippen LogP contribution in [0.25, 0.3) is 55.2 Å². The van der Waals surface area contributed by atoms with Gasteiger partial charge in [-0.1, -0.05) is 12.1 Å². The van der Waals surface area contributed by atoms with Gasteiger partial charge < -0.3 is 4.74 Å². The number of sulfone groups is 2. The molecular weight excluding hydrogens is 625 g/mol. The van der Waals surface area contributed by atoms with Crippen LogP contribution < -0.4 is 13.9 Å². The molecule has 0 N–H and O–H groups in total. The molecular formula is C33H14N6O5S2+2. The maximum absolute atomic E-state index is 14.4. The fourth-order valence-electron chi connectivity index (χ4n) is 9.04. The maximum Gasteiger partial charge on any atom is 0.322 e. The van der Waals surface area contributed by atoms with Crippen LogP contribution in [0.1, 0.15) is 11.1 Å². The van der Waals surface area contributed by atoms with E-state index in [0.717, 1.165) is 32.8 Å². The van der Waals surface area contributed by atoms with Gasteiger partial charge >= 0.3 is 5.66 Å². The van der Waals surface area contributed by atoms with Crippen molar-refractivity contribution in [1.29, 1.82) is 0 Å². The van der Waals surface area contributed by atoms with Crippen molar-refractivity contribution >= 4 is 63.5 Å². The molecule has 8 aromatic rings. The second-order valence-electron chi connectivity index (χ2n) is 12.3. The molecule has 0 bridgehead atoms. The zero-order chi connectivity index (χ0) is 30.2. The van der Waals surface area contributed by atoms with E-state index in [1.165, 1.54) is 12.4 Å². The van der Waals surface area contributed by atoms with E-state index in [4.69, 9.17) is 4.74 Å². The Hall–Kier alpha value is -5.66. The molecule has 0 fully saturated rings. The second-order valence-corrected chi connectivity index (χ2v) is 16.0. The highest BCUT2D eigenvalue weighted by Gasteiger charge is 2.67. The fourth-order valence-corrected chi connectivity index (χ4v) is 12.2. The number of rotatable bonds is 0. The van der Waals surface area contributed by atoms with Crippen molar-refractivity contribution in [2.24, 2.45) is 0 Å². The van der Waals surface area contributed by atoms with Gasteiger partial charge in [0.15, 0.2) is 33.9 Å². The highest BCUT2D eigenvalue weighted by molar-refractivity contribution is 7.92. The van der Waals surface area contributed by atoms with Crippen LogP contribution >= 0.6 is 0 Å². The van der Waals surface area contributed by atoms with E-state index in [1.807, 2.05) is 57.9 Å². The molecule has 46 heavy (non-hydrogen) atoms. The third-order valence-corrected chi connectivity index (χ3v) is 13.9.